The molecule has 2 aromatic rings. The van der Waals surface area contributed by atoms with Gasteiger partial charge in [-0.15, -0.1) is 0 Å². The van der Waals surface area contributed by atoms with Crippen molar-refractivity contribution in [2.45, 2.75) is 6.92 Å². The lowest BCUT2D eigenvalue weighted by atomic mass is 10.2. The third-order valence-corrected chi connectivity index (χ3v) is 2.59. The Morgan fingerprint density at radius 2 is 1.84 bits per heavy atom. The Kier molecular flexibility index (Phi) is 4.58. The molecule has 0 aliphatic carbocycles. The van der Waals surface area contributed by atoms with Gasteiger partial charge in [-0.25, -0.2) is 0 Å². The Hall–Kier alpha value is -2.27. The largest absolute Gasteiger partial charge is 0.331 e. The molecular weight excluding hydrogens is 256 g/mol. The first-order chi connectivity index (χ1) is 9.24. The fraction of sp³-hybridized carbons (Fsp3) is 0.0714. The zero-order valence-electron chi connectivity index (χ0n) is 10.5. The normalized spacial score (nSPS) is 10.4. The Bertz CT molecular complexity index is 564. The van der Waals surface area contributed by atoms with Crippen LogP contribution in [0.4, 0.5) is 5.69 Å². The van der Waals surface area contributed by atoms with Crippen molar-refractivity contribution in [2.75, 3.05) is 5.32 Å². The van der Waals surface area contributed by atoms with Crippen LogP contribution in [0.2, 0.25) is 0 Å². The number of rotatable bonds is 3. The van der Waals surface area contributed by atoms with Crippen LogP contribution in [-0.2, 0) is 0 Å². The fourth-order valence-corrected chi connectivity index (χ4v) is 1.58. The third kappa shape index (κ3) is 4.48. The number of pyridine rings is 1. The van der Waals surface area contributed by atoms with E-state index in [9.17, 15) is 0 Å². The number of nitrogens with one attached hydrogen (secondary N) is 2. The molecule has 0 aliphatic rings. The SMILES string of the molecule is Cc1ccc(NC(=S)N/N=C/c2ccncc2)cc1. The van der Waals surface area contributed by atoms with E-state index in [1.807, 2.05) is 43.3 Å². The second-order valence-corrected chi connectivity index (χ2v) is 4.38. The maximum atomic E-state index is 5.14. The number of nitrogens with zero attached hydrogens (tertiary/aromatic N) is 2. The number of anilines is 1. The average Bonchev–Trinajstić information content (AvgIpc) is 2.43. The first-order valence-electron chi connectivity index (χ1n) is 5.81. The van der Waals surface area contributed by atoms with E-state index in [1.54, 1.807) is 18.6 Å². The Labute approximate surface area is 117 Å². The molecule has 0 unspecified atom stereocenters. The van der Waals surface area contributed by atoms with Crippen molar-refractivity contribution < 1.29 is 0 Å². The molecule has 0 aliphatic heterocycles. The molecule has 0 saturated carbocycles. The van der Waals surface area contributed by atoms with Crippen molar-refractivity contribution >= 4 is 29.2 Å². The van der Waals surface area contributed by atoms with Crippen LogP contribution in [-0.4, -0.2) is 16.3 Å². The highest BCUT2D eigenvalue weighted by Crippen LogP contribution is 2.08. The van der Waals surface area contributed by atoms with Crippen LogP contribution in [0, 0.1) is 6.92 Å². The highest BCUT2D eigenvalue weighted by molar-refractivity contribution is 7.80. The van der Waals surface area contributed by atoms with Crippen molar-refractivity contribution in [3.63, 3.8) is 0 Å². The zero-order valence-corrected chi connectivity index (χ0v) is 11.3. The maximum absolute atomic E-state index is 5.14. The number of thiocarbonyl (C=S) groups is 1. The summed E-state index contributed by atoms with van der Waals surface area (Å²) >= 11 is 5.14. The van der Waals surface area contributed by atoms with Crippen LogP contribution in [0.25, 0.3) is 0 Å². The van der Waals surface area contributed by atoms with Crippen LogP contribution in [0.1, 0.15) is 11.1 Å². The predicted octanol–water partition coefficient (Wildman–Crippen LogP) is 2.71. The molecule has 0 fully saturated rings. The van der Waals surface area contributed by atoms with Gasteiger partial charge < -0.3 is 5.32 Å². The predicted molar refractivity (Wildman–Crippen MR) is 82.4 cm³/mol. The monoisotopic (exact) mass is 270 g/mol. The first kappa shape index (κ1) is 13.2. The minimum absolute atomic E-state index is 0.453. The quantitative estimate of drug-likeness (QED) is 0.511. The third-order valence-electron chi connectivity index (χ3n) is 2.40. The van der Waals surface area contributed by atoms with Gasteiger partial charge in [-0.05, 0) is 49.0 Å². The van der Waals surface area contributed by atoms with Crippen LogP contribution in [0.15, 0.2) is 53.9 Å². The molecule has 0 saturated heterocycles. The molecule has 19 heavy (non-hydrogen) atoms. The molecule has 0 atom stereocenters. The van der Waals surface area contributed by atoms with E-state index in [0.29, 0.717) is 5.11 Å². The molecule has 4 nitrogen and oxygen atoms in total. The Morgan fingerprint density at radius 3 is 2.53 bits per heavy atom. The van der Waals surface area contributed by atoms with Gasteiger partial charge in [-0.1, -0.05) is 17.7 Å². The second-order valence-electron chi connectivity index (χ2n) is 3.97. The number of hydrogen-bond donors (Lipinski definition) is 2. The van der Waals surface area contributed by atoms with Gasteiger partial charge in [0.1, 0.15) is 0 Å². The number of hydrogen-bond acceptors (Lipinski definition) is 3. The van der Waals surface area contributed by atoms with Crippen molar-refractivity contribution in [1.29, 1.82) is 0 Å². The van der Waals surface area contributed by atoms with Crippen molar-refractivity contribution in [3.8, 4) is 0 Å². The molecule has 1 heterocycles. The molecule has 2 N–H and O–H groups in total. The van der Waals surface area contributed by atoms with E-state index < -0.39 is 0 Å². The summed E-state index contributed by atoms with van der Waals surface area (Å²) in [7, 11) is 0. The number of hydrazone groups is 1. The standard InChI is InChI=1S/C14H14N4S/c1-11-2-4-13(5-3-11)17-14(19)18-16-10-12-6-8-15-9-7-12/h2-10H,1H3,(H2,17,18,19)/b16-10+. The molecule has 0 bridgehead atoms. The molecule has 96 valence electrons. The highest BCUT2D eigenvalue weighted by atomic mass is 32.1. The van der Waals surface area contributed by atoms with Gasteiger partial charge in [-0.2, -0.15) is 5.10 Å². The lowest BCUT2D eigenvalue weighted by Gasteiger charge is -2.06. The maximum Gasteiger partial charge on any atom is 0.191 e. The minimum atomic E-state index is 0.453. The van der Waals surface area contributed by atoms with Gasteiger partial charge in [0.25, 0.3) is 0 Å². The smallest absolute Gasteiger partial charge is 0.191 e. The van der Waals surface area contributed by atoms with Crippen LogP contribution < -0.4 is 10.7 Å². The van der Waals surface area contributed by atoms with Crippen molar-refractivity contribution in [3.05, 3.63) is 59.9 Å². The van der Waals surface area contributed by atoms with E-state index >= 15 is 0 Å². The van der Waals surface area contributed by atoms with E-state index in [-0.39, 0.29) is 0 Å². The van der Waals surface area contributed by atoms with Crippen LogP contribution in [0.5, 0.6) is 0 Å². The van der Waals surface area contributed by atoms with E-state index in [2.05, 4.69) is 20.8 Å². The number of benzene rings is 1. The number of aromatic nitrogens is 1. The van der Waals surface area contributed by atoms with Crippen molar-refractivity contribution in [1.82, 2.24) is 10.4 Å². The van der Waals surface area contributed by atoms with E-state index in [0.717, 1.165) is 11.3 Å². The highest BCUT2D eigenvalue weighted by Gasteiger charge is 1.95. The van der Waals surface area contributed by atoms with Gasteiger partial charge in [-0.3, -0.25) is 10.4 Å². The summed E-state index contributed by atoms with van der Waals surface area (Å²) in [6.07, 6.45) is 5.11. The first-order valence-corrected chi connectivity index (χ1v) is 6.21. The minimum Gasteiger partial charge on any atom is -0.331 e. The van der Waals surface area contributed by atoms with E-state index in [1.165, 1.54) is 5.56 Å². The Balaban J connectivity index is 1.85. The molecule has 5 heteroatoms. The number of aryl methyl sites for hydroxylation is 1. The van der Waals surface area contributed by atoms with Gasteiger partial charge in [0.15, 0.2) is 5.11 Å². The molecule has 0 spiro atoms. The molecule has 0 radical (unpaired) electrons. The summed E-state index contributed by atoms with van der Waals surface area (Å²) in [5.41, 5.74) is 5.86. The summed E-state index contributed by atoms with van der Waals surface area (Å²) < 4.78 is 0. The lowest BCUT2D eigenvalue weighted by Crippen LogP contribution is -2.23. The summed E-state index contributed by atoms with van der Waals surface area (Å²) in [4.78, 5) is 3.93. The van der Waals surface area contributed by atoms with Gasteiger partial charge in [0.2, 0.25) is 0 Å². The average molecular weight is 270 g/mol. The van der Waals surface area contributed by atoms with Gasteiger partial charge in [0.05, 0.1) is 6.21 Å². The van der Waals surface area contributed by atoms with Crippen LogP contribution >= 0.6 is 12.2 Å². The van der Waals surface area contributed by atoms with Gasteiger partial charge in [0, 0.05) is 18.1 Å². The molecule has 2 rings (SSSR count). The van der Waals surface area contributed by atoms with Crippen LogP contribution in [0.3, 0.4) is 0 Å². The molecule has 0 amide bonds. The van der Waals surface area contributed by atoms with E-state index in [4.69, 9.17) is 12.2 Å². The summed E-state index contributed by atoms with van der Waals surface area (Å²) in [5.74, 6) is 0. The lowest BCUT2D eigenvalue weighted by molar-refractivity contribution is 1.05. The molecular formula is C14H14N4S. The Morgan fingerprint density at radius 1 is 1.16 bits per heavy atom. The molecule has 1 aromatic heterocycles. The fourth-order valence-electron chi connectivity index (χ4n) is 1.41. The zero-order chi connectivity index (χ0) is 13.5. The van der Waals surface area contributed by atoms with Gasteiger partial charge >= 0.3 is 0 Å². The summed E-state index contributed by atoms with van der Waals surface area (Å²) in [6, 6.07) is 11.7. The molecule has 1 aromatic carbocycles. The topological polar surface area (TPSA) is 49.3 Å². The summed E-state index contributed by atoms with van der Waals surface area (Å²) in [6.45, 7) is 2.04. The summed E-state index contributed by atoms with van der Waals surface area (Å²) in [5, 5.41) is 7.55. The second kappa shape index (κ2) is 6.61. The van der Waals surface area contributed by atoms with Crippen molar-refractivity contribution in [2.24, 2.45) is 5.10 Å².